The van der Waals surface area contributed by atoms with Crippen LogP contribution in [0.3, 0.4) is 0 Å². The van der Waals surface area contributed by atoms with Crippen LogP contribution < -0.4 is 0 Å². The third kappa shape index (κ3) is 4.47. The molecule has 0 radical (unpaired) electrons. The van der Waals surface area contributed by atoms with E-state index in [0.29, 0.717) is 6.42 Å². The van der Waals surface area contributed by atoms with Gasteiger partial charge in [0.25, 0.3) is 0 Å². The van der Waals surface area contributed by atoms with Gasteiger partial charge in [0.15, 0.2) is 0 Å². The molecule has 0 fully saturated rings. The van der Waals surface area contributed by atoms with Crippen molar-refractivity contribution in [3.8, 4) is 11.8 Å². The number of carbonyl (C=O) groups excluding carboxylic acids is 1. The summed E-state index contributed by atoms with van der Waals surface area (Å²) in [7, 11) is 1.37. The summed E-state index contributed by atoms with van der Waals surface area (Å²) in [6.07, 6.45) is -0.0689. The van der Waals surface area contributed by atoms with Gasteiger partial charge in [-0.1, -0.05) is 60.4 Å². The van der Waals surface area contributed by atoms with E-state index in [1.165, 1.54) is 7.11 Å². The Balaban J connectivity index is 2.07. The molecule has 0 aliphatic rings. The lowest BCUT2D eigenvalue weighted by molar-refractivity contribution is -0.139. The molecule has 0 heterocycles. The number of hydrogen-bond acceptors (Lipinski definition) is 3. The van der Waals surface area contributed by atoms with E-state index in [4.69, 9.17) is 0 Å². The monoisotopic (exact) mass is 294 g/mol. The van der Waals surface area contributed by atoms with Gasteiger partial charge in [-0.2, -0.15) is 0 Å². The van der Waals surface area contributed by atoms with Gasteiger partial charge in [-0.3, -0.25) is 4.79 Å². The lowest BCUT2D eigenvalue weighted by Gasteiger charge is -2.06. The second kappa shape index (κ2) is 8.02. The highest BCUT2D eigenvalue weighted by Crippen LogP contribution is 2.15. The molecule has 0 bridgehead atoms. The molecule has 0 saturated heterocycles. The van der Waals surface area contributed by atoms with Crippen LogP contribution in [0.15, 0.2) is 54.6 Å². The molecule has 3 nitrogen and oxygen atoms in total. The van der Waals surface area contributed by atoms with Crippen LogP contribution in [0.1, 0.15) is 29.2 Å². The normalized spacial score (nSPS) is 11.2. The first-order valence-electron chi connectivity index (χ1n) is 7.07. The number of esters is 1. The maximum Gasteiger partial charge on any atom is 0.310 e. The van der Waals surface area contributed by atoms with Crippen molar-refractivity contribution in [1.29, 1.82) is 0 Å². The van der Waals surface area contributed by atoms with Gasteiger partial charge in [-0.25, -0.2) is 0 Å². The van der Waals surface area contributed by atoms with Crippen molar-refractivity contribution in [2.75, 3.05) is 7.11 Å². The van der Waals surface area contributed by atoms with Crippen molar-refractivity contribution >= 4 is 5.97 Å². The molecule has 0 aliphatic heterocycles. The number of rotatable bonds is 4. The minimum Gasteiger partial charge on any atom is -0.469 e. The van der Waals surface area contributed by atoms with Crippen LogP contribution in [-0.4, -0.2) is 18.2 Å². The summed E-state index contributed by atoms with van der Waals surface area (Å²) in [5, 5.41) is 10.1. The van der Waals surface area contributed by atoms with Crippen LogP contribution >= 0.6 is 0 Å². The average Bonchev–Trinajstić information content (AvgIpc) is 2.57. The topological polar surface area (TPSA) is 46.5 Å². The van der Waals surface area contributed by atoms with E-state index < -0.39 is 6.10 Å². The van der Waals surface area contributed by atoms with Crippen LogP contribution in [0.2, 0.25) is 0 Å². The highest BCUT2D eigenvalue weighted by Gasteiger charge is 2.07. The van der Waals surface area contributed by atoms with E-state index in [-0.39, 0.29) is 12.4 Å². The number of ether oxygens (including phenoxy) is 1. The molecule has 1 unspecified atom stereocenters. The minimum absolute atomic E-state index is 0.197. The van der Waals surface area contributed by atoms with Crippen molar-refractivity contribution in [1.82, 2.24) is 0 Å². The van der Waals surface area contributed by atoms with Gasteiger partial charge in [-0.05, 0) is 17.2 Å². The molecule has 0 aliphatic carbocycles. The second-order valence-corrected chi connectivity index (χ2v) is 4.84. The molecule has 1 N–H and O–H groups in total. The molecule has 2 aromatic carbocycles. The third-order valence-electron chi connectivity index (χ3n) is 3.28. The molecule has 2 rings (SSSR count). The average molecular weight is 294 g/mol. The van der Waals surface area contributed by atoms with Gasteiger partial charge in [0, 0.05) is 12.0 Å². The van der Waals surface area contributed by atoms with Crippen LogP contribution in [0.4, 0.5) is 0 Å². The summed E-state index contributed by atoms with van der Waals surface area (Å²) in [6, 6.07) is 16.9. The van der Waals surface area contributed by atoms with Gasteiger partial charge in [0.05, 0.1) is 19.6 Å². The highest BCUT2D eigenvalue weighted by atomic mass is 16.5. The van der Waals surface area contributed by atoms with Crippen LogP contribution in [-0.2, 0) is 16.0 Å². The molecule has 1 atom stereocenters. The van der Waals surface area contributed by atoms with Crippen molar-refractivity contribution in [2.45, 2.75) is 18.9 Å². The molecular formula is C19H18O3. The molecule has 2 aromatic rings. The summed E-state index contributed by atoms with van der Waals surface area (Å²) in [5.41, 5.74) is 2.46. The lowest BCUT2D eigenvalue weighted by atomic mass is 10.0. The van der Waals surface area contributed by atoms with E-state index in [1.54, 1.807) is 0 Å². The van der Waals surface area contributed by atoms with Gasteiger partial charge >= 0.3 is 5.97 Å². The zero-order chi connectivity index (χ0) is 15.8. The fourth-order valence-electron chi connectivity index (χ4n) is 2.06. The summed E-state index contributed by atoms with van der Waals surface area (Å²) in [4.78, 5) is 11.4. The smallest absolute Gasteiger partial charge is 0.310 e. The van der Waals surface area contributed by atoms with Crippen LogP contribution in [0.5, 0.6) is 0 Å². The fraction of sp³-hybridized carbons (Fsp3) is 0.211. The van der Waals surface area contributed by atoms with E-state index in [1.807, 2.05) is 54.6 Å². The first-order valence-corrected chi connectivity index (χ1v) is 7.07. The predicted octanol–water partition coefficient (Wildman–Crippen LogP) is 2.88. The first kappa shape index (κ1) is 15.8. The van der Waals surface area contributed by atoms with Gasteiger partial charge in [-0.15, -0.1) is 0 Å². The third-order valence-corrected chi connectivity index (χ3v) is 3.28. The lowest BCUT2D eigenvalue weighted by Crippen LogP contribution is -2.05. The number of carbonyl (C=O) groups is 1. The van der Waals surface area contributed by atoms with Crippen LogP contribution in [0.25, 0.3) is 0 Å². The van der Waals surface area contributed by atoms with Crippen molar-refractivity contribution in [3.63, 3.8) is 0 Å². The first-order chi connectivity index (χ1) is 10.7. The molecule has 0 aromatic heterocycles. The Morgan fingerprint density at radius 3 is 2.55 bits per heavy atom. The maximum atomic E-state index is 11.4. The number of aliphatic hydroxyl groups is 1. The van der Waals surface area contributed by atoms with Crippen molar-refractivity contribution < 1.29 is 14.6 Å². The summed E-state index contributed by atoms with van der Waals surface area (Å²) >= 11 is 0. The zero-order valence-corrected chi connectivity index (χ0v) is 12.5. The standard InChI is InChI=1S/C19H18O3/c1-22-19(21)14-17-11-6-5-8-15(17)12-7-13-18(20)16-9-3-2-4-10-16/h2-6,8-11,18,20H,13-14H2,1H3. The Morgan fingerprint density at radius 2 is 1.82 bits per heavy atom. The summed E-state index contributed by atoms with van der Waals surface area (Å²) < 4.78 is 4.68. The second-order valence-electron chi connectivity index (χ2n) is 4.84. The van der Waals surface area contributed by atoms with Crippen LogP contribution in [0, 0.1) is 11.8 Å². The number of aliphatic hydroxyl groups excluding tert-OH is 1. The quantitative estimate of drug-likeness (QED) is 0.696. The Kier molecular flexibility index (Phi) is 5.76. The zero-order valence-electron chi connectivity index (χ0n) is 12.5. The van der Waals surface area contributed by atoms with Gasteiger partial charge in [0.2, 0.25) is 0 Å². The Morgan fingerprint density at radius 1 is 1.14 bits per heavy atom. The maximum absolute atomic E-state index is 11.4. The molecule has 0 spiro atoms. The van der Waals surface area contributed by atoms with Crippen molar-refractivity contribution in [2.24, 2.45) is 0 Å². The molecule has 112 valence electrons. The molecule has 0 saturated carbocycles. The molecule has 3 heteroatoms. The van der Waals surface area contributed by atoms with E-state index in [2.05, 4.69) is 16.6 Å². The van der Waals surface area contributed by atoms with E-state index in [0.717, 1.165) is 16.7 Å². The molecule has 0 amide bonds. The van der Waals surface area contributed by atoms with Gasteiger partial charge in [0.1, 0.15) is 0 Å². The largest absolute Gasteiger partial charge is 0.469 e. The Labute approximate surface area is 130 Å². The Bertz CT molecular complexity index is 681. The number of hydrogen-bond donors (Lipinski definition) is 1. The predicted molar refractivity (Wildman–Crippen MR) is 85.1 cm³/mol. The minimum atomic E-state index is -0.610. The summed E-state index contributed by atoms with van der Waals surface area (Å²) in [6.45, 7) is 0. The van der Waals surface area contributed by atoms with E-state index >= 15 is 0 Å². The van der Waals surface area contributed by atoms with Crippen molar-refractivity contribution in [3.05, 3.63) is 71.3 Å². The SMILES string of the molecule is COC(=O)Cc1ccccc1C#CCC(O)c1ccccc1. The molecular weight excluding hydrogens is 276 g/mol. The summed E-state index contributed by atoms with van der Waals surface area (Å²) in [5.74, 6) is 5.71. The molecule has 22 heavy (non-hydrogen) atoms. The number of methoxy groups -OCH3 is 1. The Hall–Kier alpha value is -2.57. The van der Waals surface area contributed by atoms with Gasteiger partial charge < -0.3 is 9.84 Å². The highest BCUT2D eigenvalue weighted by molar-refractivity contribution is 5.73. The number of benzene rings is 2. The fourth-order valence-corrected chi connectivity index (χ4v) is 2.06. The van der Waals surface area contributed by atoms with E-state index in [9.17, 15) is 9.90 Å².